The fourth-order valence-electron chi connectivity index (χ4n) is 4.96. The van der Waals surface area contributed by atoms with Crippen LogP contribution in [0.3, 0.4) is 0 Å². The standard InChI is InChI=1S/C26H41N5O2/c1-21(2)9-10-27-26(33)22-5-3-8-24(19-22)30-13-11-28(12-14-30)20-25(32)31-17-15-29(16-18-31)23-6-4-7-23/h3,5,8,19,21,23H,4,6-7,9-18,20H2,1-2H3,(H,27,33). The Balaban J connectivity index is 1.20. The molecule has 7 nitrogen and oxygen atoms in total. The fourth-order valence-corrected chi connectivity index (χ4v) is 4.96. The number of piperazine rings is 2. The summed E-state index contributed by atoms with van der Waals surface area (Å²) in [6.07, 6.45) is 5.03. The van der Waals surface area contributed by atoms with Gasteiger partial charge < -0.3 is 15.1 Å². The first-order chi connectivity index (χ1) is 16.0. The van der Waals surface area contributed by atoms with E-state index in [0.29, 0.717) is 19.0 Å². The molecule has 0 unspecified atom stereocenters. The molecule has 4 rings (SSSR count). The topological polar surface area (TPSA) is 59.1 Å². The Kier molecular flexibility index (Phi) is 8.25. The smallest absolute Gasteiger partial charge is 0.251 e. The van der Waals surface area contributed by atoms with E-state index in [2.05, 4.69) is 44.8 Å². The summed E-state index contributed by atoms with van der Waals surface area (Å²) in [6, 6.07) is 8.69. The van der Waals surface area contributed by atoms with Crippen molar-refractivity contribution in [1.82, 2.24) is 20.0 Å². The molecule has 2 saturated heterocycles. The van der Waals surface area contributed by atoms with Crippen LogP contribution in [0.1, 0.15) is 49.9 Å². The third kappa shape index (κ3) is 6.48. The summed E-state index contributed by atoms with van der Waals surface area (Å²) in [5.74, 6) is 0.854. The molecule has 3 fully saturated rings. The van der Waals surface area contributed by atoms with Gasteiger partial charge in [0, 0.05) is 76.2 Å². The van der Waals surface area contributed by atoms with Crippen molar-refractivity contribution in [2.24, 2.45) is 5.92 Å². The predicted octanol–water partition coefficient (Wildman–Crippen LogP) is 2.28. The van der Waals surface area contributed by atoms with Crippen molar-refractivity contribution < 1.29 is 9.59 Å². The van der Waals surface area contributed by atoms with Gasteiger partial charge in [-0.15, -0.1) is 0 Å². The van der Waals surface area contributed by atoms with Crippen LogP contribution in [-0.4, -0.2) is 98.0 Å². The molecule has 0 atom stereocenters. The van der Waals surface area contributed by atoms with E-state index in [4.69, 9.17) is 0 Å². The molecule has 2 aliphatic heterocycles. The molecular weight excluding hydrogens is 414 g/mol. The monoisotopic (exact) mass is 455 g/mol. The van der Waals surface area contributed by atoms with E-state index in [0.717, 1.165) is 76.1 Å². The lowest BCUT2D eigenvalue weighted by Crippen LogP contribution is -2.56. The molecule has 182 valence electrons. The van der Waals surface area contributed by atoms with Crippen LogP contribution in [0.2, 0.25) is 0 Å². The Labute approximate surface area is 199 Å². The number of nitrogens with zero attached hydrogens (tertiary/aromatic N) is 4. The summed E-state index contributed by atoms with van der Waals surface area (Å²) >= 11 is 0. The van der Waals surface area contributed by atoms with Gasteiger partial charge in [-0.1, -0.05) is 26.3 Å². The zero-order valence-corrected chi connectivity index (χ0v) is 20.5. The first-order valence-corrected chi connectivity index (χ1v) is 12.9. The summed E-state index contributed by atoms with van der Waals surface area (Å²) in [6.45, 7) is 12.9. The van der Waals surface area contributed by atoms with Gasteiger partial charge in [0.15, 0.2) is 0 Å². The van der Waals surface area contributed by atoms with E-state index in [1.807, 2.05) is 18.2 Å². The van der Waals surface area contributed by atoms with E-state index in [1.54, 1.807) is 0 Å². The lowest BCUT2D eigenvalue weighted by molar-refractivity contribution is -0.134. The van der Waals surface area contributed by atoms with Crippen LogP contribution in [0.4, 0.5) is 5.69 Å². The number of amides is 2. The van der Waals surface area contributed by atoms with Gasteiger partial charge >= 0.3 is 0 Å². The quantitative estimate of drug-likeness (QED) is 0.652. The van der Waals surface area contributed by atoms with Crippen LogP contribution < -0.4 is 10.2 Å². The van der Waals surface area contributed by atoms with Gasteiger partial charge in [-0.2, -0.15) is 0 Å². The highest BCUT2D eigenvalue weighted by atomic mass is 16.2. The minimum absolute atomic E-state index is 0.000798. The largest absolute Gasteiger partial charge is 0.369 e. The molecule has 0 radical (unpaired) electrons. The van der Waals surface area contributed by atoms with Crippen LogP contribution >= 0.6 is 0 Å². The lowest BCUT2D eigenvalue weighted by atomic mass is 9.91. The average Bonchev–Trinajstić information content (AvgIpc) is 2.79. The van der Waals surface area contributed by atoms with Crippen molar-refractivity contribution in [1.29, 1.82) is 0 Å². The van der Waals surface area contributed by atoms with Crippen LogP contribution in [0.25, 0.3) is 0 Å². The molecule has 33 heavy (non-hydrogen) atoms. The maximum atomic E-state index is 12.8. The molecule has 1 aromatic rings. The van der Waals surface area contributed by atoms with E-state index >= 15 is 0 Å². The first kappa shape index (κ1) is 24.0. The summed E-state index contributed by atoms with van der Waals surface area (Å²) in [4.78, 5) is 34.5. The SMILES string of the molecule is CC(C)CCNC(=O)c1cccc(N2CCN(CC(=O)N3CCN(C4CCC4)CC3)CC2)c1. The highest BCUT2D eigenvalue weighted by molar-refractivity contribution is 5.95. The minimum Gasteiger partial charge on any atom is -0.369 e. The Morgan fingerprint density at radius 1 is 1.00 bits per heavy atom. The van der Waals surface area contributed by atoms with Crippen LogP contribution in [0, 0.1) is 5.92 Å². The summed E-state index contributed by atoms with van der Waals surface area (Å²) in [7, 11) is 0. The molecule has 1 aliphatic carbocycles. The molecule has 1 saturated carbocycles. The van der Waals surface area contributed by atoms with E-state index in [-0.39, 0.29) is 11.8 Å². The van der Waals surface area contributed by atoms with Crippen LogP contribution in [-0.2, 0) is 4.79 Å². The van der Waals surface area contributed by atoms with Gasteiger partial charge in [0.1, 0.15) is 0 Å². The van der Waals surface area contributed by atoms with Crippen LogP contribution in [0.5, 0.6) is 0 Å². The van der Waals surface area contributed by atoms with E-state index in [1.165, 1.54) is 19.3 Å². The second-order valence-electron chi connectivity index (χ2n) is 10.3. The molecule has 2 heterocycles. The number of carbonyl (C=O) groups is 2. The Morgan fingerprint density at radius 2 is 1.73 bits per heavy atom. The van der Waals surface area contributed by atoms with Crippen molar-refractivity contribution in [3.8, 4) is 0 Å². The van der Waals surface area contributed by atoms with Crippen molar-refractivity contribution in [3.63, 3.8) is 0 Å². The van der Waals surface area contributed by atoms with Crippen molar-refractivity contribution in [3.05, 3.63) is 29.8 Å². The number of carbonyl (C=O) groups excluding carboxylic acids is 2. The molecule has 0 bridgehead atoms. The van der Waals surface area contributed by atoms with Crippen molar-refractivity contribution in [2.45, 2.75) is 45.6 Å². The Morgan fingerprint density at radius 3 is 2.36 bits per heavy atom. The molecule has 3 aliphatic rings. The number of nitrogens with one attached hydrogen (secondary N) is 1. The van der Waals surface area contributed by atoms with Gasteiger partial charge in [-0.05, 0) is 43.4 Å². The summed E-state index contributed by atoms with van der Waals surface area (Å²) in [5.41, 5.74) is 1.81. The highest BCUT2D eigenvalue weighted by Gasteiger charge is 2.30. The highest BCUT2D eigenvalue weighted by Crippen LogP contribution is 2.25. The van der Waals surface area contributed by atoms with Crippen LogP contribution in [0.15, 0.2) is 24.3 Å². The van der Waals surface area contributed by atoms with Gasteiger partial charge in [-0.3, -0.25) is 19.4 Å². The molecular formula is C26H41N5O2. The Hall–Kier alpha value is -2.12. The molecule has 2 amide bonds. The number of hydrogen-bond acceptors (Lipinski definition) is 5. The zero-order valence-electron chi connectivity index (χ0n) is 20.5. The zero-order chi connectivity index (χ0) is 23.2. The van der Waals surface area contributed by atoms with E-state index in [9.17, 15) is 9.59 Å². The first-order valence-electron chi connectivity index (χ1n) is 12.9. The van der Waals surface area contributed by atoms with Crippen molar-refractivity contribution in [2.75, 3.05) is 70.3 Å². The number of benzene rings is 1. The van der Waals surface area contributed by atoms with E-state index < -0.39 is 0 Å². The summed E-state index contributed by atoms with van der Waals surface area (Å²) < 4.78 is 0. The maximum Gasteiger partial charge on any atom is 0.251 e. The van der Waals surface area contributed by atoms with Gasteiger partial charge in [-0.25, -0.2) is 0 Å². The Bertz CT molecular complexity index is 794. The third-order valence-corrected chi connectivity index (χ3v) is 7.47. The second-order valence-corrected chi connectivity index (χ2v) is 10.3. The third-order valence-electron chi connectivity index (χ3n) is 7.47. The maximum absolute atomic E-state index is 12.8. The number of hydrogen-bond donors (Lipinski definition) is 1. The van der Waals surface area contributed by atoms with Gasteiger partial charge in [0.05, 0.1) is 6.54 Å². The summed E-state index contributed by atoms with van der Waals surface area (Å²) in [5, 5.41) is 3.02. The molecule has 0 spiro atoms. The number of rotatable bonds is 8. The minimum atomic E-state index is -0.000798. The van der Waals surface area contributed by atoms with Gasteiger partial charge in [0.25, 0.3) is 5.91 Å². The van der Waals surface area contributed by atoms with Crippen molar-refractivity contribution >= 4 is 17.5 Å². The van der Waals surface area contributed by atoms with Gasteiger partial charge in [0.2, 0.25) is 5.91 Å². The fraction of sp³-hybridized carbons (Fsp3) is 0.692. The molecule has 1 aromatic carbocycles. The molecule has 0 aromatic heterocycles. The normalized spacial score (nSPS) is 20.7. The number of anilines is 1. The average molecular weight is 456 g/mol. The molecule has 7 heteroatoms. The lowest BCUT2D eigenvalue weighted by Gasteiger charge is -2.43. The molecule has 1 N–H and O–H groups in total. The second kappa shape index (κ2) is 11.3. The predicted molar refractivity (Wildman–Crippen MR) is 133 cm³/mol.